The summed E-state index contributed by atoms with van der Waals surface area (Å²) in [5.74, 6) is 1.43. The molecule has 1 aliphatic rings. The number of hydrogen-bond donors (Lipinski definition) is 2. The fraction of sp³-hybridized carbons (Fsp3) is 0.600. The van der Waals surface area contributed by atoms with Crippen LogP contribution in [0.2, 0.25) is 0 Å². The van der Waals surface area contributed by atoms with Gasteiger partial charge in [0.25, 0.3) is 0 Å². The fourth-order valence-electron chi connectivity index (χ4n) is 2.11. The van der Waals surface area contributed by atoms with Gasteiger partial charge in [-0.05, 0) is 12.0 Å². The number of nitrogens with one attached hydrogen (secondary N) is 1. The summed E-state index contributed by atoms with van der Waals surface area (Å²) in [4.78, 5) is 0. The van der Waals surface area contributed by atoms with Crippen molar-refractivity contribution in [1.82, 2.24) is 5.32 Å². The van der Waals surface area contributed by atoms with Gasteiger partial charge in [-0.2, -0.15) is 0 Å². The lowest BCUT2D eigenvalue weighted by Crippen LogP contribution is -2.34. The Labute approximate surface area is 114 Å². The number of ether oxygens (including phenoxy) is 2. The highest BCUT2D eigenvalue weighted by molar-refractivity contribution is 5.39. The minimum atomic E-state index is -0.480. The molecular weight excluding hydrogens is 242 g/mol. The van der Waals surface area contributed by atoms with E-state index >= 15 is 0 Å². The van der Waals surface area contributed by atoms with E-state index in [0.717, 1.165) is 11.3 Å². The van der Waals surface area contributed by atoms with Gasteiger partial charge in [-0.1, -0.05) is 32.0 Å². The molecule has 0 amide bonds. The van der Waals surface area contributed by atoms with Crippen molar-refractivity contribution in [2.45, 2.75) is 26.0 Å². The van der Waals surface area contributed by atoms with Crippen LogP contribution in [0.3, 0.4) is 0 Å². The van der Waals surface area contributed by atoms with Crippen molar-refractivity contribution in [3.05, 3.63) is 29.8 Å². The third kappa shape index (κ3) is 4.20. The maximum atomic E-state index is 9.84. The second kappa shape index (κ2) is 6.89. The predicted octanol–water partition coefficient (Wildman–Crippen LogP) is 1.74. The van der Waals surface area contributed by atoms with E-state index in [9.17, 15) is 5.11 Å². The van der Waals surface area contributed by atoms with Gasteiger partial charge in [0.05, 0.1) is 18.8 Å². The highest BCUT2D eigenvalue weighted by Gasteiger charge is 2.23. The van der Waals surface area contributed by atoms with E-state index in [4.69, 9.17) is 9.47 Å². The molecule has 4 nitrogen and oxygen atoms in total. The summed E-state index contributed by atoms with van der Waals surface area (Å²) in [6.07, 6.45) is -0.480. The zero-order valence-electron chi connectivity index (χ0n) is 11.6. The van der Waals surface area contributed by atoms with Crippen molar-refractivity contribution in [3.63, 3.8) is 0 Å². The summed E-state index contributed by atoms with van der Waals surface area (Å²) in [5, 5.41) is 13.2. The van der Waals surface area contributed by atoms with Gasteiger partial charge in [-0.15, -0.1) is 0 Å². The van der Waals surface area contributed by atoms with E-state index in [1.54, 1.807) is 0 Å². The van der Waals surface area contributed by atoms with Crippen molar-refractivity contribution < 1.29 is 14.6 Å². The Morgan fingerprint density at radius 3 is 2.95 bits per heavy atom. The zero-order chi connectivity index (χ0) is 13.7. The Morgan fingerprint density at radius 1 is 1.37 bits per heavy atom. The normalized spacial score (nSPS) is 19.3. The van der Waals surface area contributed by atoms with Crippen LogP contribution in [-0.4, -0.2) is 37.6 Å². The lowest BCUT2D eigenvalue weighted by Gasteiger charge is -2.16. The number of para-hydroxylation sites is 1. The molecule has 0 bridgehead atoms. The number of benzene rings is 1. The smallest absolute Gasteiger partial charge is 0.124 e. The van der Waals surface area contributed by atoms with Crippen LogP contribution in [0.5, 0.6) is 5.75 Å². The van der Waals surface area contributed by atoms with Crippen LogP contribution in [0.4, 0.5) is 0 Å². The fourth-order valence-corrected chi connectivity index (χ4v) is 2.11. The van der Waals surface area contributed by atoms with Crippen LogP contribution in [-0.2, 0) is 4.74 Å². The van der Waals surface area contributed by atoms with Crippen LogP contribution in [0.1, 0.15) is 25.5 Å². The maximum Gasteiger partial charge on any atom is 0.124 e. The Balaban J connectivity index is 1.72. The number of rotatable bonds is 7. The Hall–Kier alpha value is -1.10. The molecule has 1 aromatic rings. The Bertz CT molecular complexity index is 395. The third-order valence-electron chi connectivity index (χ3n) is 3.06. The minimum Gasteiger partial charge on any atom is -0.491 e. The molecule has 1 aliphatic heterocycles. The molecule has 2 unspecified atom stereocenters. The highest BCUT2D eigenvalue weighted by Crippen LogP contribution is 2.31. The van der Waals surface area contributed by atoms with Crippen molar-refractivity contribution in [1.29, 1.82) is 0 Å². The van der Waals surface area contributed by atoms with E-state index in [1.165, 1.54) is 0 Å². The molecule has 0 spiro atoms. The average molecular weight is 265 g/mol. The van der Waals surface area contributed by atoms with E-state index in [1.807, 2.05) is 18.2 Å². The Morgan fingerprint density at radius 2 is 2.16 bits per heavy atom. The lowest BCUT2D eigenvalue weighted by molar-refractivity contribution is 0.0247. The average Bonchev–Trinajstić information content (AvgIpc) is 2.79. The molecule has 0 saturated carbocycles. The van der Waals surface area contributed by atoms with Gasteiger partial charge in [-0.3, -0.25) is 0 Å². The van der Waals surface area contributed by atoms with Crippen LogP contribution in [0, 0.1) is 5.92 Å². The van der Waals surface area contributed by atoms with E-state index in [-0.39, 0.29) is 6.04 Å². The van der Waals surface area contributed by atoms with Gasteiger partial charge in [0, 0.05) is 18.7 Å². The largest absolute Gasteiger partial charge is 0.491 e. The first-order valence-electron chi connectivity index (χ1n) is 6.87. The van der Waals surface area contributed by atoms with Crippen LogP contribution in [0.15, 0.2) is 24.3 Å². The molecule has 1 heterocycles. The molecule has 0 radical (unpaired) electrons. The Kier molecular flexibility index (Phi) is 5.19. The number of aliphatic hydroxyl groups excluding tert-OH is 1. The second-order valence-electron chi connectivity index (χ2n) is 5.39. The monoisotopic (exact) mass is 265 g/mol. The quantitative estimate of drug-likeness (QED) is 0.788. The maximum absolute atomic E-state index is 9.84. The topological polar surface area (TPSA) is 50.7 Å². The summed E-state index contributed by atoms with van der Waals surface area (Å²) in [5.41, 5.74) is 1.16. The summed E-state index contributed by atoms with van der Waals surface area (Å²) < 4.78 is 11.0. The molecule has 2 atom stereocenters. The lowest BCUT2D eigenvalue weighted by atomic mass is 10.1. The van der Waals surface area contributed by atoms with E-state index in [2.05, 4.69) is 25.2 Å². The van der Waals surface area contributed by atoms with E-state index in [0.29, 0.717) is 32.3 Å². The van der Waals surface area contributed by atoms with Gasteiger partial charge >= 0.3 is 0 Å². The number of hydrogen-bond acceptors (Lipinski definition) is 4. The number of fused-ring (bicyclic) bond motifs is 1. The molecule has 0 saturated heterocycles. The SMILES string of the molecule is CC(C)COCC(O)CNC1COc2ccccc21. The standard InChI is InChI=1S/C15H23NO3/c1-11(2)8-18-9-12(17)7-16-14-10-19-15-6-4-3-5-13(14)15/h3-6,11-12,14,16-17H,7-10H2,1-2H3. The summed E-state index contributed by atoms with van der Waals surface area (Å²) in [6.45, 7) is 6.39. The molecule has 1 aromatic carbocycles. The van der Waals surface area contributed by atoms with Gasteiger partial charge in [-0.25, -0.2) is 0 Å². The zero-order valence-corrected chi connectivity index (χ0v) is 11.6. The third-order valence-corrected chi connectivity index (χ3v) is 3.06. The minimum absolute atomic E-state index is 0.163. The van der Waals surface area contributed by atoms with Gasteiger partial charge in [0.1, 0.15) is 12.4 Å². The predicted molar refractivity (Wildman–Crippen MR) is 74.3 cm³/mol. The second-order valence-corrected chi connectivity index (χ2v) is 5.39. The summed E-state index contributed by atoms with van der Waals surface area (Å²) >= 11 is 0. The molecular formula is C15H23NO3. The van der Waals surface area contributed by atoms with Crippen LogP contribution in [0.25, 0.3) is 0 Å². The van der Waals surface area contributed by atoms with Crippen molar-refractivity contribution >= 4 is 0 Å². The highest BCUT2D eigenvalue weighted by atomic mass is 16.5. The molecule has 0 fully saturated rings. The summed E-state index contributed by atoms with van der Waals surface area (Å²) in [7, 11) is 0. The molecule has 19 heavy (non-hydrogen) atoms. The van der Waals surface area contributed by atoms with Crippen molar-refractivity contribution in [2.75, 3.05) is 26.4 Å². The molecule has 4 heteroatoms. The molecule has 2 rings (SSSR count). The van der Waals surface area contributed by atoms with E-state index < -0.39 is 6.10 Å². The van der Waals surface area contributed by atoms with Crippen molar-refractivity contribution in [3.8, 4) is 5.75 Å². The van der Waals surface area contributed by atoms with Crippen LogP contribution >= 0.6 is 0 Å². The molecule has 0 aliphatic carbocycles. The van der Waals surface area contributed by atoms with Crippen LogP contribution < -0.4 is 10.1 Å². The first-order valence-corrected chi connectivity index (χ1v) is 6.87. The number of aliphatic hydroxyl groups is 1. The first kappa shape index (κ1) is 14.3. The molecule has 106 valence electrons. The summed E-state index contributed by atoms with van der Waals surface area (Å²) in [6, 6.07) is 8.16. The molecule has 0 aromatic heterocycles. The van der Waals surface area contributed by atoms with Gasteiger partial charge < -0.3 is 19.9 Å². The molecule has 2 N–H and O–H groups in total. The van der Waals surface area contributed by atoms with Crippen molar-refractivity contribution in [2.24, 2.45) is 5.92 Å². The van der Waals surface area contributed by atoms with Gasteiger partial charge in [0.2, 0.25) is 0 Å². The first-order chi connectivity index (χ1) is 9.16. The van der Waals surface area contributed by atoms with Gasteiger partial charge in [0.15, 0.2) is 0 Å².